The van der Waals surface area contributed by atoms with Crippen molar-refractivity contribution >= 4 is 11.7 Å². The first-order chi connectivity index (χ1) is 10.1. The molecule has 0 atom stereocenters. The molecule has 4 nitrogen and oxygen atoms in total. The molecule has 0 spiro atoms. The van der Waals surface area contributed by atoms with E-state index in [0.717, 1.165) is 30.1 Å². The SMILES string of the molecule is CC1CCC(N(C)c2nc3c(cc2C(=N)N)CCC3)CC1. The summed E-state index contributed by atoms with van der Waals surface area (Å²) in [6, 6.07) is 2.64. The third-order valence-corrected chi connectivity index (χ3v) is 5.19. The Hall–Kier alpha value is -1.58. The molecule has 21 heavy (non-hydrogen) atoms. The molecule has 1 aromatic heterocycles. The number of amidine groups is 1. The summed E-state index contributed by atoms with van der Waals surface area (Å²) in [6.45, 7) is 2.34. The van der Waals surface area contributed by atoms with E-state index in [1.165, 1.54) is 43.4 Å². The van der Waals surface area contributed by atoms with E-state index >= 15 is 0 Å². The number of nitrogen functional groups attached to an aromatic ring is 1. The van der Waals surface area contributed by atoms with E-state index in [2.05, 4.69) is 24.9 Å². The number of pyridine rings is 1. The molecule has 1 saturated carbocycles. The highest BCUT2D eigenvalue weighted by Crippen LogP contribution is 2.32. The molecule has 0 bridgehead atoms. The summed E-state index contributed by atoms with van der Waals surface area (Å²) in [6.07, 6.45) is 8.32. The van der Waals surface area contributed by atoms with Crippen LogP contribution in [0.5, 0.6) is 0 Å². The predicted molar refractivity (Wildman–Crippen MR) is 87.1 cm³/mol. The van der Waals surface area contributed by atoms with Gasteiger partial charge in [0.1, 0.15) is 11.7 Å². The van der Waals surface area contributed by atoms with Crippen molar-refractivity contribution < 1.29 is 0 Å². The number of rotatable bonds is 3. The molecule has 0 unspecified atom stereocenters. The zero-order chi connectivity index (χ0) is 15.0. The maximum absolute atomic E-state index is 7.89. The molecule has 0 saturated heterocycles. The van der Waals surface area contributed by atoms with Crippen LogP contribution in [0.2, 0.25) is 0 Å². The van der Waals surface area contributed by atoms with Crippen molar-refractivity contribution in [2.45, 2.75) is 57.9 Å². The summed E-state index contributed by atoms with van der Waals surface area (Å²) in [5.41, 5.74) is 9.13. The number of anilines is 1. The molecule has 1 aromatic rings. The third-order valence-electron chi connectivity index (χ3n) is 5.19. The van der Waals surface area contributed by atoms with Crippen LogP contribution in [-0.2, 0) is 12.8 Å². The average Bonchev–Trinajstić information content (AvgIpc) is 2.93. The zero-order valence-corrected chi connectivity index (χ0v) is 13.2. The topological polar surface area (TPSA) is 66.0 Å². The number of nitrogens with zero attached hydrogens (tertiary/aromatic N) is 2. The van der Waals surface area contributed by atoms with Crippen LogP contribution in [0.25, 0.3) is 0 Å². The van der Waals surface area contributed by atoms with Crippen molar-refractivity contribution in [3.63, 3.8) is 0 Å². The summed E-state index contributed by atoms with van der Waals surface area (Å²) >= 11 is 0. The lowest BCUT2D eigenvalue weighted by Crippen LogP contribution is -2.37. The number of hydrogen-bond donors (Lipinski definition) is 2. The van der Waals surface area contributed by atoms with Crippen LogP contribution in [0.1, 0.15) is 55.8 Å². The Morgan fingerprint density at radius 2 is 2.00 bits per heavy atom. The molecular weight excluding hydrogens is 260 g/mol. The maximum atomic E-state index is 7.89. The molecule has 1 fully saturated rings. The van der Waals surface area contributed by atoms with Crippen LogP contribution >= 0.6 is 0 Å². The van der Waals surface area contributed by atoms with E-state index in [1.54, 1.807) is 0 Å². The lowest BCUT2D eigenvalue weighted by atomic mass is 9.86. The Balaban J connectivity index is 1.91. The number of nitrogens with one attached hydrogen (secondary N) is 1. The Morgan fingerprint density at radius 3 is 2.67 bits per heavy atom. The van der Waals surface area contributed by atoms with Crippen LogP contribution in [0.4, 0.5) is 5.82 Å². The minimum Gasteiger partial charge on any atom is -0.384 e. The highest BCUT2D eigenvalue weighted by molar-refractivity contribution is 6.00. The van der Waals surface area contributed by atoms with Gasteiger partial charge in [0.25, 0.3) is 0 Å². The van der Waals surface area contributed by atoms with Gasteiger partial charge in [-0.15, -0.1) is 0 Å². The molecule has 0 amide bonds. The highest BCUT2D eigenvalue weighted by Gasteiger charge is 2.26. The van der Waals surface area contributed by atoms with Crippen LogP contribution < -0.4 is 10.6 Å². The van der Waals surface area contributed by atoms with E-state index in [9.17, 15) is 0 Å². The molecule has 0 aliphatic heterocycles. The summed E-state index contributed by atoms with van der Waals surface area (Å²) in [5, 5.41) is 7.89. The van der Waals surface area contributed by atoms with Crippen LogP contribution in [0.3, 0.4) is 0 Å². The van der Waals surface area contributed by atoms with Gasteiger partial charge in [-0.3, -0.25) is 5.41 Å². The Labute approximate surface area is 127 Å². The molecule has 2 aliphatic carbocycles. The van der Waals surface area contributed by atoms with Gasteiger partial charge in [0, 0.05) is 18.8 Å². The summed E-state index contributed by atoms with van der Waals surface area (Å²) < 4.78 is 0. The molecular formula is C17H26N4. The fourth-order valence-electron chi connectivity index (χ4n) is 3.73. The predicted octanol–water partition coefficient (Wildman–Crippen LogP) is 2.87. The van der Waals surface area contributed by atoms with Crippen molar-refractivity contribution in [3.8, 4) is 0 Å². The standard InChI is InChI=1S/C17H26N4/c1-11-6-8-13(9-7-11)21(2)17-14(16(18)19)10-12-4-3-5-15(12)20-17/h10-11,13H,3-9H2,1-2H3,(H3,18,19). The van der Waals surface area contributed by atoms with Gasteiger partial charge in [0.05, 0.1) is 5.56 Å². The molecule has 0 radical (unpaired) electrons. The average molecular weight is 286 g/mol. The van der Waals surface area contributed by atoms with Gasteiger partial charge < -0.3 is 10.6 Å². The summed E-state index contributed by atoms with van der Waals surface area (Å²) in [4.78, 5) is 7.15. The smallest absolute Gasteiger partial charge is 0.139 e. The molecule has 0 aromatic carbocycles. The largest absolute Gasteiger partial charge is 0.384 e. The quantitative estimate of drug-likeness (QED) is 0.663. The van der Waals surface area contributed by atoms with Gasteiger partial charge in [0.15, 0.2) is 0 Å². The number of aryl methyl sites for hydroxylation is 2. The molecule has 2 aliphatic rings. The van der Waals surface area contributed by atoms with Crippen LogP contribution in [0.15, 0.2) is 6.07 Å². The fourth-order valence-corrected chi connectivity index (χ4v) is 3.73. The normalized spacial score (nSPS) is 24.7. The van der Waals surface area contributed by atoms with Crippen molar-refractivity contribution in [1.82, 2.24) is 4.98 Å². The number of fused-ring (bicyclic) bond motifs is 1. The first kappa shape index (κ1) is 14.4. The lowest BCUT2D eigenvalue weighted by Gasteiger charge is -2.35. The molecule has 4 heteroatoms. The van der Waals surface area contributed by atoms with Crippen molar-refractivity contribution in [1.29, 1.82) is 5.41 Å². The lowest BCUT2D eigenvalue weighted by molar-refractivity contribution is 0.340. The minimum atomic E-state index is 0.142. The van der Waals surface area contributed by atoms with Gasteiger partial charge in [0.2, 0.25) is 0 Å². The fraction of sp³-hybridized carbons (Fsp3) is 0.647. The second-order valence-electron chi connectivity index (χ2n) is 6.76. The first-order valence-corrected chi connectivity index (χ1v) is 8.16. The Kier molecular flexibility index (Phi) is 3.87. The zero-order valence-electron chi connectivity index (χ0n) is 13.2. The van der Waals surface area contributed by atoms with Crippen molar-refractivity contribution in [2.24, 2.45) is 11.7 Å². The van der Waals surface area contributed by atoms with E-state index in [-0.39, 0.29) is 5.84 Å². The number of nitrogens with two attached hydrogens (primary N) is 1. The monoisotopic (exact) mass is 286 g/mol. The van der Waals surface area contributed by atoms with Gasteiger partial charge >= 0.3 is 0 Å². The summed E-state index contributed by atoms with van der Waals surface area (Å²) in [7, 11) is 2.12. The second-order valence-corrected chi connectivity index (χ2v) is 6.76. The molecule has 1 heterocycles. The number of aromatic nitrogens is 1. The third kappa shape index (κ3) is 2.76. The Morgan fingerprint density at radius 1 is 1.29 bits per heavy atom. The number of hydrogen-bond acceptors (Lipinski definition) is 3. The van der Waals surface area contributed by atoms with E-state index in [4.69, 9.17) is 16.1 Å². The minimum absolute atomic E-state index is 0.142. The van der Waals surface area contributed by atoms with Crippen LogP contribution in [-0.4, -0.2) is 23.9 Å². The first-order valence-electron chi connectivity index (χ1n) is 8.16. The van der Waals surface area contributed by atoms with E-state index < -0.39 is 0 Å². The molecule has 3 rings (SSSR count). The van der Waals surface area contributed by atoms with Gasteiger partial charge in [-0.2, -0.15) is 0 Å². The van der Waals surface area contributed by atoms with E-state index in [0.29, 0.717) is 6.04 Å². The molecule has 3 N–H and O–H groups in total. The summed E-state index contributed by atoms with van der Waals surface area (Å²) in [5.74, 6) is 1.90. The van der Waals surface area contributed by atoms with E-state index in [1.807, 2.05) is 0 Å². The van der Waals surface area contributed by atoms with Crippen LogP contribution in [0, 0.1) is 11.3 Å². The Bertz CT molecular complexity index is 544. The second kappa shape index (κ2) is 5.66. The van der Waals surface area contributed by atoms with Gasteiger partial charge in [-0.25, -0.2) is 4.98 Å². The highest BCUT2D eigenvalue weighted by atomic mass is 15.2. The maximum Gasteiger partial charge on any atom is 0.139 e. The van der Waals surface area contributed by atoms with Gasteiger partial charge in [-0.1, -0.05) is 6.92 Å². The van der Waals surface area contributed by atoms with Gasteiger partial charge in [-0.05, 0) is 62.5 Å². The van der Waals surface area contributed by atoms with Crippen molar-refractivity contribution in [3.05, 3.63) is 22.9 Å². The van der Waals surface area contributed by atoms with Crippen molar-refractivity contribution in [2.75, 3.05) is 11.9 Å². The molecule has 114 valence electrons.